The summed E-state index contributed by atoms with van der Waals surface area (Å²) in [6.45, 7) is 9.49. The van der Waals surface area contributed by atoms with Gasteiger partial charge in [-0.1, -0.05) is 32.9 Å². The van der Waals surface area contributed by atoms with Crippen molar-refractivity contribution in [3.8, 4) is 5.75 Å². The van der Waals surface area contributed by atoms with Gasteiger partial charge in [-0.25, -0.2) is 0 Å². The van der Waals surface area contributed by atoms with Crippen molar-refractivity contribution in [3.63, 3.8) is 0 Å². The van der Waals surface area contributed by atoms with Crippen LogP contribution >= 0.6 is 0 Å². The number of hydrogen-bond donors (Lipinski definition) is 1. The molecule has 0 amide bonds. The number of piperidine rings is 1. The third-order valence-corrected chi connectivity index (χ3v) is 6.67. The van der Waals surface area contributed by atoms with Gasteiger partial charge in [0.15, 0.2) is 0 Å². The lowest BCUT2D eigenvalue weighted by atomic mass is 9.72. The number of ether oxygens (including phenoxy) is 1. The van der Waals surface area contributed by atoms with Gasteiger partial charge in [-0.05, 0) is 61.2 Å². The van der Waals surface area contributed by atoms with Gasteiger partial charge in [0.25, 0.3) is 0 Å². The number of nitrogens with zero attached hydrogens (tertiary/aromatic N) is 2. The van der Waals surface area contributed by atoms with Crippen LogP contribution < -0.4 is 15.4 Å². The Balaban J connectivity index is 1.84. The van der Waals surface area contributed by atoms with Crippen LogP contribution in [0.4, 0.5) is 30.2 Å². The standard InChI is InChI=1S/C25H32F3N3O/c1-23(2,3)15-30-13-11-24(12-14-30)16-31(19-8-6-5-7-18(19)29)22-20(32-4)10-9-17(21(22)24)25(26,27)28/h5-10H,11-16,29H2,1-4H3. The maximum Gasteiger partial charge on any atom is 0.416 e. The van der Waals surface area contributed by atoms with Crippen molar-refractivity contribution in [2.75, 3.05) is 43.9 Å². The average molecular weight is 448 g/mol. The lowest BCUT2D eigenvalue weighted by molar-refractivity contribution is -0.138. The average Bonchev–Trinajstić information content (AvgIpc) is 3.03. The van der Waals surface area contributed by atoms with E-state index < -0.39 is 17.2 Å². The molecular formula is C25H32F3N3O. The zero-order valence-electron chi connectivity index (χ0n) is 19.2. The zero-order chi connectivity index (χ0) is 23.3. The van der Waals surface area contributed by atoms with E-state index in [4.69, 9.17) is 10.5 Å². The van der Waals surface area contributed by atoms with Crippen molar-refractivity contribution in [3.05, 3.63) is 47.5 Å². The van der Waals surface area contributed by atoms with Crippen molar-refractivity contribution >= 4 is 17.1 Å². The maximum absolute atomic E-state index is 14.2. The molecule has 1 saturated heterocycles. The second kappa shape index (κ2) is 7.87. The second-order valence-electron chi connectivity index (χ2n) is 10.3. The highest BCUT2D eigenvalue weighted by atomic mass is 19.4. The topological polar surface area (TPSA) is 41.7 Å². The second-order valence-corrected chi connectivity index (χ2v) is 10.3. The Morgan fingerprint density at radius 3 is 2.25 bits per heavy atom. The fourth-order valence-corrected chi connectivity index (χ4v) is 5.40. The predicted octanol–water partition coefficient (Wildman–Crippen LogP) is 5.83. The molecule has 2 aliphatic heterocycles. The largest absolute Gasteiger partial charge is 0.495 e. The van der Waals surface area contributed by atoms with Crippen molar-refractivity contribution in [1.82, 2.24) is 4.90 Å². The molecule has 2 heterocycles. The molecule has 7 heteroatoms. The minimum Gasteiger partial charge on any atom is -0.495 e. The molecule has 0 bridgehead atoms. The minimum absolute atomic E-state index is 0.142. The highest BCUT2D eigenvalue weighted by Crippen LogP contribution is 2.57. The molecule has 0 radical (unpaired) electrons. The molecule has 1 spiro atoms. The first-order chi connectivity index (χ1) is 15.0. The number of para-hydroxylation sites is 2. The summed E-state index contributed by atoms with van der Waals surface area (Å²) in [6, 6.07) is 9.96. The number of alkyl halides is 3. The van der Waals surface area contributed by atoms with Crippen LogP contribution in [0.1, 0.15) is 44.7 Å². The first-order valence-electron chi connectivity index (χ1n) is 11.1. The minimum atomic E-state index is -4.44. The summed E-state index contributed by atoms with van der Waals surface area (Å²) in [5.41, 5.74) is 7.38. The number of benzene rings is 2. The van der Waals surface area contributed by atoms with Gasteiger partial charge < -0.3 is 20.3 Å². The Kier molecular flexibility index (Phi) is 5.60. The quantitative estimate of drug-likeness (QED) is 0.602. The summed E-state index contributed by atoms with van der Waals surface area (Å²) >= 11 is 0. The molecule has 1 fully saturated rings. The van der Waals surface area contributed by atoms with Crippen LogP contribution in [0.3, 0.4) is 0 Å². The number of likely N-dealkylation sites (tertiary alicyclic amines) is 1. The van der Waals surface area contributed by atoms with Crippen molar-refractivity contribution < 1.29 is 17.9 Å². The van der Waals surface area contributed by atoms with Crippen molar-refractivity contribution in [2.24, 2.45) is 5.41 Å². The van der Waals surface area contributed by atoms with Gasteiger partial charge in [-0.15, -0.1) is 0 Å². The lowest BCUT2D eigenvalue weighted by Gasteiger charge is -2.42. The van der Waals surface area contributed by atoms with Gasteiger partial charge in [0.2, 0.25) is 0 Å². The summed E-state index contributed by atoms with van der Waals surface area (Å²) in [5.74, 6) is 0.449. The highest BCUT2D eigenvalue weighted by Gasteiger charge is 2.52. The third-order valence-electron chi connectivity index (χ3n) is 6.67. The van der Waals surface area contributed by atoms with Crippen LogP contribution in [0, 0.1) is 5.41 Å². The molecule has 174 valence electrons. The Morgan fingerprint density at radius 2 is 1.69 bits per heavy atom. The van der Waals surface area contributed by atoms with Crippen molar-refractivity contribution in [2.45, 2.75) is 45.2 Å². The van der Waals surface area contributed by atoms with E-state index in [0.717, 1.165) is 25.3 Å². The van der Waals surface area contributed by atoms with E-state index in [1.807, 2.05) is 23.1 Å². The number of nitrogens with two attached hydrogens (primary N) is 1. The van der Waals surface area contributed by atoms with Crippen LogP contribution in [0.5, 0.6) is 5.75 Å². The van der Waals surface area contributed by atoms with Crippen LogP contribution in [-0.4, -0.2) is 38.2 Å². The number of anilines is 3. The first kappa shape index (κ1) is 22.8. The molecule has 2 aromatic rings. The SMILES string of the molecule is COc1ccc(C(F)(F)F)c2c1N(c1ccccc1N)CC21CCN(CC(C)(C)C)CC1. The molecule has 0 atom stereocenters. The molecule has 2 N–H and O–H groups in total. The summed E-state index contributed by atoms with van der Waals surface area (Å²) in [7, 11) is 1.51. The zero-order valence-corrected chi connectivity index (χ0v) is 19.2. The maximum atomic E-state index is 14.2. The molecule has 4 rings (SSSR count). The van der Waals surface area contributed by atoms with E-state index in [1.54, 1.807) is 6.07 Å². The van der Waals surface area contributed by atoms with Crippen LogP contribution in [0.15, 0.2) is 36.4 Å². The van der Waals surface area contributed by atoms with Crippen LogP contribution in [0.25, 0.3) is 0 Å². The van der Waals surface area contributed by atoms with Gasteiger partial charge in [0.1, 0.15) is 5.75 Å². The Morgan fingerprint density at radius 1 is 1.03 bits per heavy atom. The van der Waals surface area contributed by atoms with Gasteiger partial charge in [0, 0.05) is 18.5 Å². The molecule has 32 heavy (non-hydrogen) atoms. The lowest BCUT2D eigenvalue weighted by Crippen LogP contribution is -2.47. The van der Waals surface area contributed by atoms with Gasteiger partial charge >= 0.3 is 6.18 Å². The highest BCUT2D eigenvalue weighted by molar-refractivity contribution is 5.84. The van der Waals surface area contributed by atoms with E-state index in [0.29, 0.717) is 42.1 Å². The summed E-state index contributed by atoms with van der Waals surface area (Å²) in [6.07, 6.45) is -3.12. The summed E-state index contributed by atoms with van der Waals surface area (Å²) in [4.78, 5) is 4.32. The predicted molar refractivity (Wildman–Crippen MR) is 123 cm³/mol. The van der Waals surface area contributed by atoms with E-state index in [-0.39, 0.29) is 5.41 Å². The van der Waals surface area contributed by atoms with E-state index >= 15 is 0 Å². The summed E-state index contributed by atoms with van der Waals surface area (Å²) in [5, 5.41) is 0. The molecule has 4 nitrogen and oxygen atoms in total. The number of hydrogen-bond acceptors (Lipinski definition) is 4. The Bertz CT molecular complexity index is 989. The third kappa shape index (κ3) is 4.03. The van der Waals surface area contributed by atoms with E-state index in [2.05, 4.69) is 25.7 Å². The normalized spacial score (nSPS) is 18.8. The number of fused-ring (bicyclic) bond motifs is 2. The van der Waals surface area contributed by atoms with Crippen LogP contribution in [-0.2, 0) is 11.6 Å². The molecular weight excluding hydrogens is 415 g/mol. The smallest absolute Gasteiger partial charge is 0.416 e. The molecule has 2 aliphatic rings. The van der Waals surface area contributed by atoms with Gasteiger partial charge in [-0.3, -0.25) is 0 Å². The number of rotatable bonds is 3. The fourth-order valence-electron chi connectivity index (χ4n) is 5.40. The van der Waals surface area contributed by atoms with Gasteiger partial charge in [-0.2, -0.15) is 13.2 Å². The molecule has 0 aromatic heterocycles. The molecule has 2 aromatic carbocycles. The first-order valence-corrected chi connectivity index (χ1v) is 11.1. The summed E-state index contributed by atoms with van der Waals surface area (Å²) < 4.78 is 48.3. The molecule has 0 unspecified atom stereocenters. The van der Waals surface area contributed by atoms with E-state index in [1.165, 1.54) is 19.2 Å². The number of nitrogen functional groups attached to an aromatic ring is 1. The van der Waals surface area contributed by atoms with Crippen LogP contribution in [0.2, 0.25) is 0 Å². The Labute approximate surface area is 188 Å². The van der Waals surface area contributed by atoms with E-state index in [9.17, 15) is 13.2 Å². The molecule has 0 aliphatic carbocycles. The monoisotopic (exact) mass is 447 g/mol. The van der Waals surface area contributed by atoms with Gasteiger partial charge in [0.05, 0.1) is 29.7 Å². The van der Waals surface area contributed by atoms with Crippen molar-refractivity contribution in [1.29, 1.82) is 0 Å². The Hall–Kier alpha value is -2.41. The number of halogens is 3. The molecule has 0 saturated carbocycles. The fraction of sp³-hybridized carbons (Fsp3) is 0.520. The number of methoxy groups -OCH3 is 1.